The number of methoxy groups -OCH3 is 1. The van der Waals surface area contributed by atoms with Gasteiger partial charge < -0.3 is 19.5 Å². The van der Waals surface area contributed by atoms with Crippen LogP contribution in [0.15, 0.2) is 18.2 Å². The summed E-state index contributed by atoms with van der Waals surface area (Å²) in [5.74, 6) is 0.245. The third kappa shape index (κ3) is 2.56. The van der Waals surface area contributed by atoms with Gasteiger partial charge in [0.25, 0.3) is 5.91 Å². The number of nitrogens with zero attached hydrogens (tertiary/aromatic N) is 1. The molecule has 1 aromatic rings. The van der Waals surface area contributed by atoms with Gasteiger partial charge in [0, 0.05) is 18.7 Å². The highest BCUT2D eigenvalue weighted by Crippen LogP contribution is 2.27. The lowest BCUT2D eigenvalue weighted by Crippen LogP contribution is -2.44. The number of aromatic hydroxyl groups is 1. The van der Waals surface area contributed by atoms with Crippen LogP contribution >= 0.6 is 0 Å². The summed E-state index contributed by atoms with van der Waals surface area (Å²) in [4.78, 5) is 13.9. The van der Waals surface area contributed by atoms with Crippen molar-refractivity contribution >= 4 is 5.91 Å². The molecule has 0 bridgehead atoms. The molecule has 18 heavy (non-hydrogen) atoms. The van der Waals surface area contributed by atoms with Crippen LogP contribution in [0.2, 0.25) is 0 Å². The van der Waals surface area contributed by atoms with E-state index in [1.54, 1.807) is 17.0 Å². The lowest BCUT2D eigenvalue weighted by atomic mass is 10.1. The Kier molecular flexibility index (Phi) is 3.72. The van der Waals surface area contributed by atoms with Gasteiger partial charge in [0.15, 0.2) is 11.5 Å². The van der Waals surface area contributed by atoms with Gasteiger partial charge in [-0.25, -0.2) is 0 Å². The second-order valence-electron chi connectivity index (χ2n) is 4.32. The second-order valence-corrected chi connectivity index (χ2v) is 4.32. The number of rotatable bonds is 2. The third-order valence-electron chi connectivity index (χ3n) is 2.95. The zero-order chi connectivity index (χ0) is 13.1. The summed E-state index contributed by atoms with van der Waals surface area (Å²) < 4.78 is 10.3. The van der Waals surface area contributed by atoms with Crippen molar-refractivity contribution in [3.8, 4) is 11.5 Å². The first-order valence-electron chi connectivity index (χ1n) is 5.89. The molecule has 1 amide bonds. The number of phenols is 1. The Labute approximate surface area is 106 Å². The van der Waals surface area contributed by atoms with Crippen LogP contribution in [0.4, 0.5) is 0 Å². The molecule has 1 N–H and O–H groups in total. The van der Waals surface area contributed by atoms with Crippen molar-refractivity contribution in [3.05, 3.63) is 23.8 Å². The number of carbonyl (C=O) groups is 1. The van der Waals surface area contributed by atoms with Crippen molar-refractivity contribution < 1.29 is 19.4 Å². The van der Waals surface area contributed by atoms with Gasteiger partial charge in [-0.05, 0) is 25.1 Å². The summed E-state index contributed by atoms with van der Waals surface area (Å²) >= 11 is 0. The molecule has 5 nitrogen and oxygen atoms in total. The van der Waals surface area contributed by atoms with Crippen LogP contribution < -0.4 is 4.74 Å². The van der Waals surface area contributed by atoms with Crippen LogP contribution in [-0.2, 0) is 4.74 Å². The minimum Gasteiger partial charge on any atom is -0.504 e. The highest BCUT2D eigenvalue weighted by molar-refractivity contribution is 5.95. The van der Waals surface area contributed by atoms with E-state index in [1.165, 1.54) is 13.2 Å². The first kappa shape index (κ1) is 12.7. The van der Waals surface area contributed by atoms with Crippen LogP contribution in [0.25, 0.3) is 0 Å². The summed E-state index contributed by atoms with van der Waals surface area (Å²) in [5, 5.41) is 9.67. The van der Waals surface area contributed by atoms with E-state index in [1.807, 2.05) is 6.92 Å². The lowest BCUT2D eigenvalue weighted by molar-refractivity contribution is -0.0124. The Bertz CT molecular complexity index is 447. The van der Waals surface area contributed by atoms with Crippen LogP contribution in [-0.4, -0.2) is 48.8 Å². The summed E-state index contributed by atoms with van der Waals surface area (Å²) in [6, 6.07) is 4.68. The van der Waals surface area contributed by atoms with Crippen molar-refractivity contribution in [2.24, 2.45) is 0 Å². The lowest BCUT2D eigenvalue weighted by Gasteiger charge is -2.31. The monoisotopic (exact) mass is 251 g/mol. The van der Waals surface area contributed by atoms with Crippen LogP contribution in [0, 0.1) is 0 Å². The third-order valence-corrected chi connectivity index (χ3v) is 2.95. The van der Waals surface area contributed by atoms with Gasteiger partial charge in [-0.2, -0.15) is 0 Å². The van der Waals surface area contributed by atoms with Crippen molar-refractivity contribution in [2.45, 2.75) is 13.0 Å². The van der Waals surface area contributed by atoms with Crippen LogP contribution in [0.1, 0.15) is 17.3 Å². The van der Waals surface area contributed by atoms with Gasteiger partial charge in [-0.1, -0.05) is 0 Å². The van der Waals surface area contributed by atoms with Gasteiger partial charge >= 0.3 is 0 Å². The molecule has 1 atom stereocenters. The maximum Gasteiger partial charge on any atom is 0.254 e. The van der Waals surface area contributed by atoms with Crippen LogP contribution in [0.5, 0.6) is 11.5 Å². The Hall–Kier alpha value is -1.75. The molecular formula is C13H17NO4. The molecule has 1 heterocycles. The van der Waals surface area contributed by atoms with Crippen molar-refractivity contribution in [1.29, 1.82) is 0 Å². The maximum absolute atomic E-state index is 12.2. The summed E-state index contributed by atoms with van der Waals surface area (Å²) in [5.41, 5.74) is 0.461. The van der Waals surface area contributed by atoms with Gasteiger partial charge in [-0.3, -0.25) is 4.79 Å². The molecule has 1 aromatic carbocycles. The Morgan fingerprint density at radius 2 is 2.33 bits per heavy atom. The van der Waals surface area contributed by atoms with Gasteiger partial charge in [0.05, 0.1) is 19.8 Å². The Morgan fingerprint density at radius 3 is 2.94 bits per heavy atom. The van der Waals surface area contributed by atoms with E-state index in [-0.39, 0.29) is 17.8 Å². The summed E-state index contributed by atoms with van der Waals surface area (Å²) in [7, 11) is 1.47. The molecule has 0 radical (unpaired) electrons. The zero-order valence-corrected chi connectivity index (χ0v) is 10.5. The molecule has 98 valence electrons. The van der Waals surface area contributed by atoms with E-state index in [9.17, 15) is 9.90 Å². The quantitative estimate of drug-likeness (QED) is 0.859. The molecule has 0 spiro atoms. The van der Waals surface area contributed by atoms with E-state index in [2.05, 4.69) is 0 Å². The summed E-state index contributed by atoms with van der Waals surface area (Å²) in [6.45, 7) is 3.64. The van der Waals surface area contributed by atoms with Crippen molar-refractivity contribution in [2.75, 3.05) is 26.8 Å². The molecule has 1 aliphatic heterocycles. The number of ether oxygens (including phenoxy) is 2. The SMILES string of the molecule is COc1ccc(C(=O)N2CCOC(C)C2)cc1O. The van der Waals surface area contributed by atoms with E-state index < -0.39 is 0 Å². The maximum atomic E-state index is 12.2. The van der Waals surface area contributed by atoms with E-state index in [0.29, 0.717) is 31.0 Å². The standard InChI is InChI=1S/C13H17NO4/c1-9-8-14(5-6-18-9)13(16)10-3-4-12(17-2)11(15)7-10/h3-4,7,9,15H,5-6,8H2,1-2H3. The molecule has 1 fully saturated rings. The number of amides is 1. The average molecular weight is 251 g/mol. The average Bonchev–Trinajstić information content (AvgIpc) is 2.37. The molecule has 1 saturated heterocycles. The van der Waals surface area contributed by atoms with E-state index in [0.717, 1.165) is 0 Å². The summed E-state index contributed by atoms with van der Waals surface area (Å²) in [6.07, 6.45) is 0.0505. The number of hydrogen-bond donors (Lipinski definition) is 1. The predicted molar refractivity (Wildman–Crippen MR) is 66.0 cm³/mol. The van der Waals surface area contributed by atoms with Gasteiger partial charge in [-0.15, -0.1) is 0 Å². The molecule has 2 rings (SSSR count). The van der Waals surface area contributed by atoms with E-state index in [4.69, 9.17) is 9.47 Å². The predicted octanol–water partition coefficient (Wildman–Crippen LogP) is 1.26. The molecule has 0 aliphatic carbocycles. The Balaban J connectivity index is 2.15. The van der Waals surface area contributed by atoms with Crippen molar-refractivity contribution in [1.82, 2.24) is 4.90 Å². The molecule has 1 unspecified atom stereocenters. The second kappa shape index (κ2) is 5.27. The minimum atomic E-state index is -0.0943. The normalized spacial score (nSPS) is 19.7. The number of morpholine rings is 1. The topological polar surface area (TPSA) is 59.0 Å². The highest BCUT2D eigenvalue weighted by atomic mass is 16.5. The van der Waals surface area contributed by atoms with Gasteiger partial charge in [0.1, 0.15) is 0 Å². The van der Waals surface area contributed by atoms with Gasteiger partial charge in [0.2, 0.25) is 0 Å². The zero-order valence-electron chi connectivity index (χ0n) is 10.5. The largest absolute Gasteiger partial charge is 0.504 e. The highest BCUT2D eigenvalue weighted by Gasteiger charge is 2.23. The molecule has 5 heteroatoms. The fourth-order valence-corrected chi connectivity index (χ4v) is 2.01. The van der Waals surface area contributed by atoms with Crippen molar-refractivity contribution in [3.63, 3.8) is 0 Å². The number of carbonyl (C=O) groups excluding carboxylic acids is 1. The molecule has 0 saturated carbocycles. The number of hydrogen-bond acceptors (Lipinski definition) is 4. The first-order valence-corrected chi connectivity index (χ1v) is 5.89. The Morgan fingerprint density at radius 1 is 1.56 bits per heavy atom. The van der Waals surface area contributed by atoms with Crippen LogP contribution in [0.3, 0.4) is 0 Å². The molecular weight excluding hydrogens is 234 g/mol. The fourth-order valence-electron chi connectivity index (χ4n) is 2.01. The number of benzene rings is 1. The smallest absolute Gasteiger partial charge is 0.254 e. The minimum absolute atomic E-state index is 0.0235. The fraction of sp³-hybridized carbons (Fsp3) is 0.462. The number of phenolic OH excluding ortho intramolecular Hbond substituents is 1. The van der Waals surface area contributed by atoms with E-state index >= 15 is 0 Å². The first-order chi connectivity index (χ1) is 8.61. The molecule has 0 aromatic heterocycles. The molecule has 1 aliphatic rings.